The number of carbonyl (C=O) groups is 2. The van der Waals surface area contributed by atoms with E-state index < -0.39 is 23.7 Å². The highest BCUT2D eigenvalue weighted by Gasteiger charge is 2.20. The number of hydrogen-bond donors (Lipinski definition) is 4. The molecule has 0 radical (unpaired) electrons. The van der Waals surface area contributed by atoms with Gasteiger partial charge in [-0.3, -0.25) is 4.79 Å². The van der Waals surface area contributed by atoms with Crippen molar-refractivity contribution < 1.29 is 29.6 Å². The van der Waals surface area contributed by atoms with Crippen molar-refractivity contribution in [1.82, 2.24) is 5.32 Å². The van der Waals surface area contributed by atoms with Crippen LogP contribution in [0.25, 0.3) is 0 Å². The summed E-state index contributed by atoms with van der Waals surface area (Å²) in [5.41, 5.74) is 0.0349. The molecule has 0 aliphatic heterocycles. The maximum Gasteiger partial charge on any atom is 0.328 e. The highest BCUT2D eigenvalue weighted by atomic mass is 16.5. The number of phenols is 2. The van der Waals surface area contributed by atoms with Crippen LogP contribution in [0.4, 0.5) is 0 Å². The molecule has 0 aliphatic carbocycles. The van der Waals surface area contributed by atoms with Crippen LogP contribution in [0.3, 0.4) is 0 Å². The largest absolute Gasteiger partial charge is 0.504 e. The van der Waals surface area contributed by atoms with E-state index in [0.29, 0.717) is 0 Å². The monoisotopic (exact) mass is 255 g/mol. The van der Waals surface area contributed by atoms with Gasteiger partial charge in [0, 0.05) is 12.7 Å². The first-order chi connectivity index (χ1) is 8.45. The van der Waals surface area contributed by atoms with Crippen LogP contribution in [0.15, 0.2) is 18.2 Å². The Kier molecular flexibility index (Phi) is 4.50. The molecule has 0 heterocycles. The summed E-state index contributed by atoms with van der Waals surface area (Å²) in [6.07, 6.45) is 0. The predicted octanol–water partition coefficient (Wildman–Crippen LogP) is -0.0728. The molecule has 7 nitrogen and oxygen atoms in total. The number of methoxy groups -OCH3 is 1. The normalized spacial score (nSPS) is 11.8. The second-order valence-corrected chi connectivity index (χ2v) is 3.52. The van der Waals surface area contributed by atoms with E-state index in [0.717, 1.165) is 12.1 Å². The Morgan fingerprint density at radius 1 is 1.33 bits per heavy atom. The number of amides is 1. The maximum absolute atomic E-state index is 11.7. The van der Waals surface area contributed by atoms with Crippen LogP contribution < -0.4 is 5.32 Å². The van der Waals surface area contributed by atoms with Gasteiger partial charge in [-0.25, -0.2) is 4.79 Å². The van der Waals surface area contributed by atoms with Crippen LogP contribution >= 0.6 is 0 Å². The molecule has 18 heavy (non-hydrogen) atoms. The molecule has 7 heteroatoms. The summed E-state index contributed by atoms with van der Waals surface area (Å²) in [6.45, 7) is -0.175. The molecule has 98 valence electrons. The summed E-state index contributed by atoms with van der Waals surface area (Å²) >= 11 is 0. The first-order valence-electron chi connectivity index (χ1n) is 5.00. The number of benzene rings is 1. The van der Waals surface area contributed by atoms with Gasteiger partial charge in [0.2, 0.25) is 0 Å². The van der Waals surface area contributed by atoms with Crippen molar-refractivity contribution in [1.29, 1.82) is 0 Å². The summed E-state index contributed by atoms with van der Waals surface area (Å²) in [5, 5.41) is 29.3. The molecular formula is C11H13NO6. The molecule has 4 N–H and O–H groups in total. The van der Waals surface area contributed by atoms with Crippen molar-refractivity contribution in [3.63, 3.8) is 0 Å². The molecule has 0 aromatic heterocycles. The molecular weight excluding hydrogens is 242 g/mol. The lowest BCUT2D eigenvalue weighted by Gasteiger charge is -2.13. The number of aromatic hydroxyl groups is 2. The van der Waals surface area contributed by atoms with Crippen molar-refractivity contribution in [3.05, 3.63) is 23.8 Å². The van der Waals surface area contributed by atoms with E-state index in [9.17, 15) is 14.7 Å². The number of carboxylic acids is 1. The minimum Gasteiger partial charge on any atom is -0.504 e. The average Bonchev–Trinajstić information content (AvgIpc) is 2.31. The average molecular weight is 255 g/mol. The minimum atomic E-state index is -1.23. The maximum atomic E-state index is 11.7. The number of nitrogens with one attached hydrogen (secondary N) is 1. The van der Waals surface area contributed by atoms with Crippen LogP contribution in [0.1, 0.15) is 10.4 Å². The third kappa shape index (κ3) is 3.36. The molecule has 1 atom stereocenters. The van der Waals surface area contributed by atoms with Crippen LogP contribution in [0.5, 0.6) is 11.5 Å². The number of aliphatic carboxylic acids is 1. The highest BCUT2D eigenvalue weighted by molar-refractivity contribution is 5.97. The lowest BCUT2D eigenvalue weighted by Crippen LogP contribution is -2.43. The van der Waals surface area contributed by atoms with E-state index in [1.165, 1.54) is 13.2 Å². The van der Waals surface area contributed by atoms with Gasteiger partial charge in [0.25, 0.3) is 5.91 Å². The van der Waals surface area contributed by atoms with Crippen LogP contribution in [-0.4, -0.2) is 47.0 Å². The second kappa shape index (κ2) is 5.87. The Hall–Kier alpha value is -2.28. The standard InChI is InChI=1S/C11H13NO6/c1-18-5-7(11(16)17)12-10(15)6-2-3-8(13)9(14)4-6/h2-4,7,13-14H,5H2,1H3,(H,12,15)(H,16,17). The predicted molar refractivity (Wildman–Crippen MR) is 60.5 cm³/mol. The van der Waals surface area contributed by atoms with E-state index in [1.54, 1.807) is 0 Å². The van der Waals surface area contributed by atoms with Gasteiger partial charge in [0.05, 0.1) is 6.61 Å². The van der Waals surface area contributed by atoms with Gasteiger partial charge in [0.1, 0.15) is 0 Å². The van der Waals surface area contributed by atoms with Crippen molar-refractivity contribution in [2.24, 2.45) is 0 Å². The Balaban J connectivity index is 2.80. The van der Waals surface area contributed by atoms with E-state index in [2.05, 4.69) is 10.1 Å². The highest BCUT2D eigenvalue weighted by Crippen LogP contribution is 2.24. The zero-order chi connectivity index (χ0) is 13.7. The zero-order valence-electron chi connectivity index (χ0n) is 9.58. The first-order valence-corrected chi connectivity index (χ1v) is 5.00. The molecule has 1 rings (SSSR count). The van der Waals surface area contributed by atoms with Gasteiger partial charge in [-0.05, 0) is 18.2 Å². The molecule has 1 aromatic carbocycles. The molecule has 0 fully saturated rings. The van der Waals surface area contributed by atoms with Gasteiger partial charge in [-0.1, -0.05) is 0 Å². The number of carbonyl (C=O) groups excluding carboxylic acids is 1. The summed E-state index contributed by atoms with van der Waals surface area (Å²) in [5.74, 6) is -2.73. The van der Waals surface area contributed by atoms with Crippen molar-refractivity contribution in [3.8, 4) is 11.5 Å². The number of phenolic OH excluding ortho intramolecular Hbond substituents is 2. The zero-order valence-corrected chi connectivity index (χ0v) is 9.58. The number of ether oxygens (including phenoxy) is 1. The topological polar surface area (TPSA) is 116 Å². The summed E-state index contributed by atoms with van der Waals surface area (Å²) in [4.78, 5) is 22.5. The van der Waals surface area contributed by atoms with Crippen LogP contribution in [0.2, 0.25) is 0 Å². The molecule has 1 amide bonds. The van der Waals surface area contributed by atoms with E-state index in [4.69, 9.17) is 10.2 Å². The SMILES string of the molecule is COCC(NC(=O)c1ccc(O)c(O)c1)C(=O)O. The van der Waals surface area contributed by atoms with Crippen LogP contribution in [-0.2, 0) is 9.53 Å². The second-order valence-electron chi connectivity index (χ2n) is 3.52. The van der Waals surface area contributed by atoms with E-state index in [1.807, 2.05) is 0 Å². The van der Waals surface area contributed by atoms with Gasteiger partial charge < -0.3 is 25.4 Å². The first kappa shape index (κ1) is 13.8. The third-order valence-electron chi connectivity index (χ3n) is 2.17. The Morgan fingerprint density at radius 2 is 2.00 bits per heavy atom. The lowest BCUT2D eigenvalue weighted by molar-refractivity contribution is -0.140. The molecule has 1 unspecified atom stereocenters. The van der Waals surface area contributed by atoms with Crippen molar-refractivity contribution in [2.75, 3.05) is 13.7 Å². The fourth-order valence-corrected chi connectivity index (χ4v) is 1.25. The molecule has 0 saturated carbocycles. The Bertz CT molecular complexity index is 459. The van der Waals surface area contributed by atoms with Gasteiger partial charge in [0.15, 0.2) is 17.5 Å². The van der Waals surface area contributed by atoms with E-state index >= 15 is 0 Å². The lowest BCUT2D eigenvalue weighted by atomic mass is 10.1. The van der Waals surface area contributed by atoms with Crippen LogP contribution in [0, 0.1) is 0 Å². The molecule has 0 spiro atoms. The molecule has 0 bridgehead atoms. The summed E-state index contributed by atoms with van der Waals surface area (Å²) in [6, 6.07) is 2.25. The quantitative estimate of drug-likeness (QED) is 0.547. The fourth-order valence-electron chi connectivity index (χ4n) is 1.25. The Labute approximate surface area is 103 Å². The van der Waals surface area contributed by atoms with Crippen molar-refractivity contribution >= 4 is 11.9 Å². The fraction of sp³-hybridized carbons (Fsp3) is 0.273. The Morgan fingerprint density at radius 3 is 2.50 bits per heavy atom. The number of rotatable bonds is 5. The summed E-state index contributed by atoms with van der Waals surface area (Å²) < 4.78 is 4.66. The molecule has 1 aromatic rings. The third-order valence-corrected chi connectivity index (χ3v) is 2.17. The summed E-state index contributed by atoms with van der Waals surface area (Å²) in [7, 11) is 1.31. The molecule has 0 saturated heterocycles. The van der Waals surface area contributed by atoms with Crippen molar-refractivity contribution in [2.45, 2.75) is 6.04 Å². The van der Waals surface area contributed by atoms with Gasteiger partial charge >= 0.3 is 5.97 Å². The smallest absolute Gasteiger partial charge is 0.328 e. The molecule has 0 aliphatic rings. The van der Waals surface area contributed by atoms with E-state index in [-0.39, 0.29) is 17.9 Å². The number of carboxylic acid groups (broad SMARTS) is 1. The van der Waals surface area contributed by atoms with Gasteiger partial charge in [-0.2, -0.15) is 0 Å². The van der Waals surface area contributed by atoms with Gasteiger partial charge in [-0.15, -0.1) is 0 Å². The number of hydrogen-bond acceptors (Lipinski definition) is 5. The minimum absolute atomic E-state index is 0.0349.